The molecule has 7 nitrogen and oxygen atoms in total. The van der Waals surface area contributed by atoms with Gasteiger partial charge in [-0.15, -0.1) is 0 Å². The van der Waals surface area contributed by atoms with Crippen molar-refractivity contribution in [3.63, 3.8) is 0 Å². The number of hydrogen-bond donors (Lipinski definition) is 2. The van der Waals surface area contributed by atoms with Crippen molar-refractivity contribution in [3.8, 4) is 5.75 Å². The Labute approximate surface area is 123 Å². The van der Waals surface area contributed by atoms with Crippen LogP contribution in [0.1, 0.15) is 12.0 Å². The summed E-state index contributed by atoms with van der Waals surface area (Å²) >= 11 is 0. The summed E-state index contributed by atoms with van der Waals surface area (Å²) in [5.41, 5.74) is 1.06. The largest absolute Gasteiger partial charge is 0.488 e. The molecule has 2 rings (SSSR count). The van der Waals surface area contributed by atoms with Crippen molar-refractivity contribution in [2.24, 2.45) is 0 Å². The van der Waals surface area contributed by atoms with E-state index in [0.29, 0.717) is 6.42 Å². The summed E-state index contributed by atoms with van der Waals surface area (Å²) in [5, 5.41) is 8.57. The van der Waals surface area contributed by atoms with E-state index in [-0.39, 0.29) is 25.6 Å². The molecule has 0 saturated heterocycles. The molecule has 1 heterocycles. The van der Waals surface area contributed by atoms with Gasteiger partial charge in [0, 0.05) is 26.6 Å². The molecule has 0 radical (unpaired) electrons. The van der Waals surface area contributed by atoms with E-state index in [1.165, 1.54) is 7.05 Å². The monoisotopic (exact) mass is 314 g/mol. The van der Waals surface area contributed by atoms with Gasteiger partial charge in [-0.25, -0.2) is 0 Å². The molecule has 116 valence electrons. The molecule has 0 aromatic heterocycles. The third kappa shape index (κ3) is 4.16. The van der Waals surface area contributed by atoms with Gasteiger partial charge in [-0.1, -0.05) is 18.2 Å². The minimum atomic E-state index is -3.69. The van der Waals surface area contributed by atoms with Crippen LogP contribution >= 0.6 is 0 Å². The summed E-state index contributed by atoms with van der Waals surface area (Å²) < 4.78 is 32.9. The molecular formula is C13H18N2O5S. The van der Waals surface area contributed by atoms with Gasteiger partial charge in [0.05, 0.1) is 6.42 Å². The Morgan fingerprint density at radius 1 is 1.48 bits per heavy atom. The molecule has 8 heteroatoms. The second-order valence-electron chi connectivity index (χ2n) is 4.87. The Bertz CT molecular complexity index is 592. The topological polar surface area (TPSA) is 95.9 Å². The van der Waals surface area contributed by atoms with E-state index in [4.69, 9.17) is 9.84 Å². The number of carboxylic acids is 1. The highest BCUT2D eigenvalue weighted by Crippen LogP contribution is 2.27. The number of aliphatic carboxylic acids is 1. The molecule has 2 N–H and O–H groups in total. The average Bonchev–Trinajstić information content (AvgIpc) is 2.85. The first-order valence-corrected chi connectivity index (χ1v) is 8.00. The van der Waals surface area contributed by atoms with Crippen molar-refractivity contribution in [2.45, 2.75) is 18.9 Å². The average molecular weight is 314 g/mol. The molecule has 0 aliphatic carbocycles. The lowest BCUT2D eigenvalue weighted by atomic mass is 10.1. The highest BCUT2D eigenvalue weighted by molar-refractivity contribution is 7.87. The van der Waals surface area contributed by atoms with Crippen LogP contribution in [-0.4, -0.2) is 50.0 Å². The van der Waals surface area contributed by atoms with Crippen LogP contribution in [0, 0.1) is 0 Å². The van der Waals surface area contributed by atoms with E-state index in [0.717, 1.165) is 15.6 Å². The first-order valence-electron chi connectivity index (χ1n) is 6.56. The van der Waals surface area contributed by atoms with Crippen LogP contribution in [0.2, 0.25) is 0 Å². The summed E-state index contributed by atoms with van der Waals surface area (Å²) in [6.07, 6.45) is 0.172. The van der Waals surface area contributed by atoms with Crippen molar-refractivity contribution in [1.82, 2.24) is 9.03 Å². The maximum Gasteiger partial charge on any atom is 0.304 e. The molecular weight excluding hydrogens is 296 g/mol. The van der Waals surface area contributed by atoms with Crippen LogP contribution in [0.15, 0.2) is 24.3 Å². The highest BCUT2D eigenvalue weighted by Gasteiger charge is 2.25. The zero-order valence-electron chi connectivity index (χ0n) is 11.7. The van der Waals surface area contributed by atoms with Crippen molar-refractivity contribution in [1.29, 1.82) is 0 Å². The molecule has 0 fully saturated rings. The third-order valence-electron chi connectivity index (χ3n) is 3.26. The first kappa shape index (κ1) is 15.7. The molecule has 0 spiro atoms. The zero-order valence-corrected chi connectivity index (χ0v) is 12.5. The Hall–Kier alpha value is -1.64. The number of benzene rings is 1. The second kappa shape index (κ2) is 6.42. The van der Waals surface area contributed by atoms with E-state index in [1.54, 1.807) is 0 Å². The molecule has 1 aromatic carbocycles. The number of hydrogen-bond acceptors (Lipinski definition) is 4. The van der Waals surface area contributed by atoms with Crippen LogP contribution in [0.25, 0.3) is 0 Å². The van der Waals surface area contributed by atoms with Gasteiger partial charge in [0.1, 0.15) is 11.9 Å². The maximum absolute atomic E-state index is 11.9. The Morgan fingerprint density at radius 2 is 2.19 bits per heavy atom. The van der Waals surface area contributed by atoms with E-state index in [1.807, 2.05) is 24.3 Å². The van der Waals surface area contributed by atoms with Crippen LogP contribution in [0.3, 0.4) is 0 Å². The van der Waals surface area contributed by atoms with Gasteiger partial charge in [-0.05, 0) is 11.6 Å². The summed E-state index contributed by atoms with van der Waals surface area (Å²) in [4.78, 5) is 10.5. The lowest BCUT2D eigenvalue weighted by molar-refractivity contribution is -0.137. The molecule has 1 atom stereocenters. The van der Waals surface area contributed by atoms with E-state index in [2.05, 4.69) is 4.72 Å². The number of carbonyl (C=O) groups is 1. The van der Waals surface area contributed by atoms with Gasteiger partial charge in [0.25, 0.3) is 10.2 Å². The molecule has 1 aliphatic rings. The molecule has 21 heavy (non-hydrogen) atoms. The molecule has 1 aromatic rings. The molecule has 1 unspecified atom stereocenters. The van der Waals surface area contributed by atoms with Crippen molar-refractivity contribution in [3.05, 3.63) is 29.8 Å². The summed E-state index contributed by atoms with van der Waals surface area (Å²) in [6, 6.07) is 7.57. The van der Waals surface area contributed by atoms with Crippen LogP contribution in [0.5, 0.6) is 5.75 Å². The second-order valence-corrected chi connectivity index (χ2v) is 6.73. The fraction of sp³-hybridized carbons (Fsp3) is 0.462. The predicted molar refractivity (Wildman–Crippen MR) is 76.4 cm³/mol. The summed E-state index contributed by atoms with van der Waals surface area (Å²) in [5.74, 6) is -0.257. The minimum Gasteiger partial charge on any atom is -0.488 e. The molecule has 0 saturated carbocycles. The number of nitrogens with one attached hydrogen (secondary N) is 1. The number of rotatable bonds is 7. The van der Waals surface area contributed by atoms with Gasteiger partial charge >= 0.3 is 5.97 Å². The number of ether oxygens (including phenoxy) is 1. The lowest BCUT2D eigenvalue weighted by Gasteiger charge is -2.18. The molecule has 0 amide bonds. The predicted octanol–water partition coefficient (Wildman–Crippen LogP) is 0.231. The maximum atomic E-state index is 11.9. The first-order chi connectivity index (χ1) is 9.88. The third-order valence-corrected chi connectivity index (χ3v) is 4.79. The van der Waals surface area contributed by atoms with Crippen molar-refractivity contribution < 1.29 is 23.1 Å². The zero-order chi connectivity index (χ0) is 15.5. The Balaban J connectivity index is 1.84. The van der Waals surface area contributed by atoms with Gasteiger partial charge < -0.3 is 9.84 Å². The van der Waals surface area contributed by atoms with Crippen LogP contribution in [-0.2, 0) is 21.4 Å². The number of carboxylic acid groups (broad SMARTS) is 1. The smallest absolute Gasteiger partial charge is 0.304 e. The van der Waals surface area contributed by atoms with Gasteiger partial charge in [0.2, 0.25) is 0 Å². The van der Waals surface area contributed by atoms with Gasteiger partial charge in [0.15, 0.2) is 0 Å². The molecule has 0 bridgehead atoms. The Morgan fingerprint density at radius 3 is 2.86 bits per heavy atom. The van der Waals surface area contributed by atoms with E-state index >= 15 is 0 Å². The quantitative estimate of drug-likeness (QED) is 0.751. The lowest BCUT2D eigenvalue weighted by Crippen LogP contribution is -2.43. The van der Waals surface area contributed by atoms with Crippen LogP contribution < -0.4 is 9.46 Å². The summed E-state index contributed by atoms with van der Waals surface area (Å²) in [7, 11) is -2.35. The van der Waals surface area contributed by atoms with Crippen LogP contribution in [0.4, 0.5) is 0 Å². The van der Waals surface area contributed by atoms with Gasteiger partial charge in [-0.3, -0.25) is 4.79 Å². The van der Waals surface area contributed by atoms with Gasteiger partial charge in [-0.2, -0.15) is 17.4 Å². The Kier molecular flexibility index (Phi) is 4.81. The SMILES string of the molecule is CN(CCC(=O)O)S(=O)(=O)NCC1Cc2ccccc2O1. The summed E-state index contributed by atoms with van der Waals surface area (Å²) in [6.45, 7) is 0.0742. The van der Waals surface area contributed by atoms with Crippen molar-refractivity contribution in [2.75, 3.05) is 20.1 Å². The number of fused-ring (bicyclic) bond motifs is 1. The molecule has 1 aliphatic heterocycles. The van der Waals surface area contributed by atoms with E-state index < -0.39 is 16.2 Å². The fourth-order valence-corrected chi connectivity index (χ4v) is 3.00. The normalized spacial score (nSPS) is 17.5. The van der Waals surface area contributed by atoms with Crippen molar-refractivity contribution >= 4 is 16.2 Å². The van der Waals surface area contributed by atoms with E-state index in [9.17, 15) is 13.2 Å². The number of para-hydroxylation sites is 1. The minimum absolute atomic E-state index is 0.0730. The highest BCUT2D eigenvalue weighted by atomic mass is 32.2. The fourth-order valence-electron chi connectivity index (χ4n) is 2.05. The standard InChI is InChI=1S/C13H18N2O5S/c1-15(7-6-13(16)17)21(18,19)14-9-11-8-10-4-2-3-5-12(10)20-11/h2-5,11,14H,6-9H2,1H3,(H,16,17). The number of nitrogens with zero attached hydrogens (tertiary/aromatic N) is 1.